The summed E-state index contributed by atoms with van der Waals surface area (Å²) in [6, 6.07) is 11.8. The third kappa shape index (κ3) is 2.51. The van der Waals surface area contributed by atoms with Gasteiger partial charge in [-0.25, -0.2) is 0 Å². The maximum absolute atomic E-state index is 9.12. The van der Waals surface area contributed by atoms with E-state index >= 15 is 0 Å². The van der Waals surface area contributed by atoms with Gasteiger partial charge in [-0.3, -0.25) is 0 Å². The molecular weight excluding hydrogens is 211 g/mol. The smallest absolute Gasteiger partial charge is 0.423 e. The second-order valence-corrected chi connectivity index (χ2v) is 5.45. The molecule has 0 bridgehead atoms. The van der Waals surface area contributed by atoms with Crippen LogP contribution in [-0.4, -0.2) is 17.2 Å². The van der Waals surface area contributed by atoms with Crippen molar-refractivity contribution in [2.75, 3.05) is 0 Å². The molecular formula is C14H17BO2. The monoisotopic (exact) mass is 228 g/mol. The molecule has 0 aliphatic carbocycles. The summed E-state index contributed by atoms with van der Waals surface area (Å²) in [7, 11) is -1.40. The van der Waals surface area contributed by atoms with E-state index in [0.29, 0.717) is 5.46 Å². The fourth-order valence-electron chi connectivity index (χ4n) is 1.89. The Labute approximate surface area is 102 Å². The Balaban J connectivity index is 2.54. The van der Waals surface area contributed by atoms with Crippen molar-refractivity contribution in [2.24, 2.45) is 0 Å². The molecule has 0 amide bonds. The molecule has 0 saturated heterocycles. The van der Waals surface area contributed by atoms with Gasteiger partial charge in [-0.1, -0.05) is 57.2 Å². The lowest BCUT2D eigenvalue weighted by molar-refractivity contribution is 0.426. The van der Waals surface area contributed by atoms with Crippen LogP contribution in [0.4, 0.5) is 0 Å². The van der Waals surface area contributed by atoms with E-state index in [0.717, 1.165) is 10.8 Å². The van der Waals surface area contributed by atoms with E-state index in [4.69, 9.17) is 10.0 Å². The van der Waals surface area contributed by atoms with Gasteiger partial charge < -0.3 is 10.0 Å². The third-order valence-corrected chi connectivity index (χ3v) is 3.03. The van der Waals surface area contributed by atoms with Crippen LogP contribution in [-0.2, 0) is 5.41 Å². The molecule has 2 aromatic carbocycles. The molecule has 2 aromatic rings. The van der Waals surface area contributed by atoms with Crippen LogP contribution in [0, 0.1) is 0 Å². The fraction of sp³-hybridized carbons (Fsp3) is 0.286. The summed E-state index contributed by atoms with van der Waals surface area (Å²) < 4.78 is 0. The number of benzene rings is 2. The van der Waals surface area contributed by atoms with E-state index in [1.54, 1.807) is 6.07 Å². The van der Waals surface area contributed by atoms with E-state index in [1.165, 1.54) is 5.56 Å². The zero-order valence-corrected chi connectivity index (χ0v) is 10.4. The van der Waals surface area contributed by atoms with Gasteiger partial charge in [-0.05, 0) is 27.2 Å². The van der Waals surface area contributed by atoms with E-state index in [-0.39, 0.29) is 5.41 Å². The van der Waals surface area contributed by atoms with E-state index < -0.39 is 7.12 Å². The Morgan fingerprint density at radius 3 is 2.06 bits per heavy atom. The van der Waals surface area contributed by atoms with Crippen molar-refractivity contribution in [3.63, 3.8) is 0 Å². The molecule has 3 heteroatoms. The molecule has 2 N–H and O–H groups in total. The van der Waals surface area contributed by atoms with Crippen molar-refractivity contribution in [2.45, 2.75) is 26.2 Å². The molecule has 0 radical (unpaired) electrons. The summed E-state index contributed by atoms with van der Waals surface area (Å²) in [6.07, 6.45) is 0. The van der Waals surface area contributed by atoms with Gasteiger partial charge >= 0.3 is 7.12 Å². The molecule has 0 atom stereocenters. The van der Waals surface area contributed by atoms with Gasteiger partial charge in [0.1, 0.15) is 0 Å². The molecule has 0 aliphatic heterocycles. The standard InChI is InChI=1S/C14H17BO2/c1-14(2,3)12-6-4-11-9-13(15(16)17)7-5-10(11)8-12/h4-9,16-17H,1-3H3. The predicted octanol–water partition coefficient (Wildman–Crippen LogP) is 1.82. The molecule has 17 heavy (non-hydrogen) atoms. The van der Waals surface area contributed by atoms with Gasteiger partial charge in [0, 0.05) is 0 Å². The first-order valence-electron chi connectivity index (χ1n) is 5.78. The van der Waals surface area contributed by atoms with Crippen LogP contribution < -0.4 is 5.46 Å². The molecule has 88 valence electrons. The van der Waals surface area contributed by atoms with Gasteiger partial charge in [0.2, 0.25) is 0 Å². The van der Waals surface area contributed by atoms with Crippen LogP contribution in [0.15, 0.2) is 36.4 Å². The molecule has 0 spiro atoms. The van der Waals surface area contributed by atoms with E-state index in [1.807, 2.05) is 18.2 Å². The Morgan fingerprint density at radius 2 is 1.47 bits per heavy atom. The van der Waals surface area contributed by atoms with Gasteiger partial charge in [0.25, 0.3) is 0 Å². The van der Waals surface area contributed by atoms with Gasteiger partial charge in [-0.2, -0.15) is 0 Å². The molecule has 0 aromatic heterocycles. The first-order valence-corrected chi connectivity index (χ1v) is 5.78. The minimum Gasteiger partial charge on any atom is -0.423 e. The highest BCUT2D eigenvalue weighted by Crippen LogP contribution is 2.25. The molecule has 0 saturated carbocycles. The van der Waals surface area contributed by atoms with Crippen molar-refractivity contribution in [3.05, 3.63) is 42.0 Å². The topological polar surface area (TPSA) is 40.5 Å². The first-order chi connectivity index (χ1) is 7.88. The van der Waals surface area contributed by atoms with Crippen molar-refractivity contribution in [1.29, 1.82) is 0 Å². The van der Waals surface area contributed by atoms with Crippen LogP contribution in [0.1, 0.15) is 26.3 Å². The number of hydrogen-bond acceptors (Lipinski definition) is 2. The summed E-state index contributed by atoms with van der Waals surface area (Å²) in [6.45, 7) is 6.54. The van der Waals surface area contributed by atoms with Gasteiger partial charge in [0.15, 0.2) is 0 Å². The van der Waals surface area contributed by atoms with Crippen LogP contribution >= 0.6 is 0 Å². The quantitative estimate of drug-likeness (QED) is 0.731. The SMILES string of the molecule is CC(C)(C)c1ccc2cc(B(O)O)ccc2c1. The van der Waals surface area contributed by atoms with Crippen molar-refractivity contribution < 1.29 is 10.0 Å². The number of fused-ring (bicyclic) bond motifs is 1. The van der Waals surface area contributed by atoms with Crippen molar-refractivity contribution in [1.82, 2.24) is 0 Å². The summed E-state index contributed by atoms with van der Waals surface area (Å²) in [5.41, 5.74) is 1.94. The van der Waals surface area contributed by atoms with Crippen LogP contribution in [0.3, 0.4) is 0 Å². The van der Waals surface area contributed by atoms with Crippen molar-refractivity contribution >= 4 is 23.4 Å². The molecule has 2 nitrogen and oxygen atoms in total. The van der Waals surface area contributed by atoms with Crippen LogP contribution in [0.2, 0.25) is 0 Å². The summed E-state index contributed by atoms with van der Waals surface area (Å²) in [5, 5.41) is 20.4. The summed E-state index contributed by atoms with van der Waals surface area (Å²) >= 11 is 0. The average molecular weight is 228 g/mol. The lowest BCUT2D eigenvalue weighted by atomic mass is 9.79. The molecule has 0 unspecified atom stereocenters. The molecule has 0 heterocycles. The lowest BCUT2D eigenvalue weighted by Gasteiger charge is -2.19. The van der Waals surface area contributed by atoms with E-state index in [9.17, 15) is 0 Å². The predicted molar refractivity (Wildman–Crippen MR) is 72.5 cm³/mol. The Hall–Kier alpha value is -1.32. The second kappa shape index (κ2) is 4.17. The number of hydrogen-bond donors (Lipinski definition) is 2. The van der Waals surface area contributed by atoms with Crippen LogP contribution in [0.25, 0.3) is 10.8 Å². The fourth-order valence-corrected chi connectivity index (χ4v) is 1.89. The molecule has 0 aliphatic rings. The largest absolute Gasteiger partial charge is 0.488 e. The highest BCUT2D eigenvalue weighted by molar-refractivity contribution is 6.58. The normalized spacial score (nSPS) is 11.8. The van der Waals surface area contributed by atoms with Crippen molar-refractivity contribution in [3.8, 4) is 0 Å². The maximum atomic E-state index is 9.12. The number of rotatable bonds is 1. The third-order valence-electron chi connectivity index (χ3n) is 3.03. The first kappa shape index (κ1) is 12.2. The van der Waals surface area contributed by atoms with Gasteiger partial charge in [-0.15, -0.1) is 0 Å². The highest BCUT2D eigenvalue weighted by Gasteiger charge is 2.15. The minimum absolute atomic E-state index is 0.128. The van der Waals surface area contributed by atoms with Gasteiger partial charge in [0.05, 0.1) is 0 Å². The highest BCUT2D eigenvalue weighted by atomic mass is 16.4. The second-order valence-electron chi connectivity index (χ2n) is 5.45. The molecule has 0 fully saturated rings. The lowest BCUT2D eigenvalue weighted by Crippen LogP contribution is -2.29. The maximum Gasteiger partial charge on any atom is 0.488 e. The zero-order valence-electron chi connectivity index (χ0n) is 10.4. The van der Waals surface area contributed by atoms with Crippen LogP contribution in [0.5, 0.6) is 0 Å². The summed E-state index contributed by atoms with van der Waals surface area (Å²) in [5.74, 6) is 0. The minimum atomic E-state index is -1.40. The Kier molecular flexibility index (Phi) is 2.98. The molecule has 2 rings (SSSR count). The van der Waals surface area contributed by atoms with E-state index in [2.05, 4.69) is 32.9 Å². The zero-order chi connectivity index (χ0) is 12.6. The Morgan fingerprint density at radius 1 is 0.882 bits per heavy atom. The Bertz CT molecular complexity index is 541. The summed E-state index contributed by atoms with van der Waals surface area (Å²) in [4.78, 5) is 0. The average Bonchev–Trinajstić information content (AvgIpc) is 2.26.